The van der Waals surface area contributed by atoms with Crippen molar-refractivity contribution < 1.29 is 13.9 Å². The monoisotopic (exact) mass is 304 g/mol. The van der Waals surface area contributed by atoms with Gasteiger partial charge in [0.25, 0.3) is 0 Å². The van der Waals surface area contributed by atoms with Gasteiger partial charge in [-0.1, -0.05) is 13.8 Å². The molecular weight excluding hydrogens is 290 g/mol. The Morgan fingerprint density at radius 3 is 2.41 bits per heavy atom. The van der Waals surface area contributed by atoms with E-state index in [1.807, 2.05) is 13.8 Å². The van der Waals surface area contributed by atoms with Gasteiger partial charge in [0.2, 0.25) is 0 Å². The summed E-state index contributed by atoms with van der Waals surface area (Å²) in [6.07, 6.45) is 1.92. The molecule has 1 aliphatic rings. The minimum absolute atomic E-state index is 0.185. The predicted octanol–water partition coefficient (Wildman–Crippen LogP) is 4.13. The van der Waals surface area contributed by atoms with Gasteiger partial charge in [0, 0.05) is 0 Å². The van der Waals surface area contributed by atoms with Gasteiger partial charge < -0.3 is 5.11 Å². The number of hydrogen-bond donors (Lipinski definition) is 1. The van der Waals surface area contributed by atoms with Crippen LogP contribution in [0.1, 0.15) is 38.7 Å². The summed E-state index contributed by atoms with van der Waals surface area (Å²) in [7, 11) is 0. The van der Waals surface area contributed by atoms with E-state index in [0.29, 0.717) is 6.42 Å². The van der Waals surface area contributed by atoms with Gasteiger partial charge in [-0.3, -0.25) is 0 Å². The van der Waals surface area contributed by atoms with Crippen LogP contribution < -0.4 is 0 Å². The summed E-state index contributed by atoms with van der Waals surface area (Å²) in [6, 6.07) is 2.51. The van der Waals surface area contributed by atoms with Crippen molar-refractivity contribution in [3.05, 3.63) is 33.8 Å². The molecule has 2 rings (SSSR count). The topological polar surface area (TPSA) is 20.2 Å². The van der Waals surface area contributed by atoms with Crippen LogP contribution in [0.25, 0.3) is 0 Å². The van der Waals surface area contributed by atoms with E-state index in [-0.39, 0.29) is 10.0 Å². The fraction of sp³-hybridized carbons (Fsp3) is 0.538. The van der Waals surface area contributed by atoms with E-state index in [2.05, 4.69) is 15.9 Å². The first-order chi connectivity index (χ1) is 7.79. The maximum Gasteiger partial charge on any atom is 0.146 e. The average Bonchev–Trinajstić information content (AvgIpc) is 2.49. The molecule has 1 aliphatic carbocycles. The first kappa shape index (κ1) is 13.0. The molecule has 0 saturated heterocycles. The summed E-state index contributed by atoms with van der Waals surface area (Å²) in [4.78, 5) is 0. The molecule has 1 N–H and O–H groups in total. The van der Waals surface area contributed by atoms with Gasteiger partial charge in [-0.2, -0.15) is 0 Å². The van der Waals surface area contributed by atoms with Crippen LogP contribution in [0.3, 0.4) is 0 Å². The molecule has 0 aliphatic heterocycles. The minimum atomic E-state index is -1.43. The highest BCUT2D eigenvalue weighted by atomic mass is 79.9. The Labute approximate surface area is 108 Å². The lowest BCUT2D eigenvalue weighted by atomic mass is 9.73. The molecular formula is C13H15BrF2O. The molecule has 0 spiro atoms. The van der Waals surface area contributed by atoms with Crippen LogP contribution in [0.2, 0.25) is 0 Å². The molecule has 1 unspecified atom stereocenters. The Bertz CT molecular complexity index is 459. The quantitative estimate of drug-likeness (QED) is 0.774. The third kappa shape index (κ3) is 1.82. The van der Waals surface area contributed by atoms with Crippen molar-refractivity contribution in [3.63, 3.8) is 0 Å². The average molecular weight is 305 g/mol. The fourth-order valence-electron chi connectivity index (χ4n) is 2.70. The Kier molecular flexibility index (Phi) is 3.07. The summed E-state index contributed by atoms with van der Waals surface area (Å²) in [5, 5.41) is 10.7. The van der Waals surface area contributed by atoms with E-state index in [4.69, 9.17) is 0 Å². The van der Waals surface area contributed by atoms with Crippen LogP contribution in [0.5, 0.6) is 0 Å². The van der Waals surface area contributed by atoms with Crippen LogP contribution in [0.15, 0.2) is 16.6 Å². The van der Waals surface area contributed by atoms with E-state index in [1.54, 1.807) is 0 Å². The smallest absolute Gasteiger partial charge is 0.146 e. The first-order valence-corrected chi connectivity index (χ1v) is 6.45. The van der Waals surface area contributed by atoms with E-state index >= 15 is 0 Å². The third-order valence-corrected chi connectivity index (χ3v) is 4.53. The molecule has 4 heteroatoms. The van der Waals surface area contributed by atoms with Crippen LogP contribution >= 0.6 is 15.9 Å². The van der Waals surface area contributed by atoms with E-state index in [0.717, 1.165) is 12.8 Å². The predicted molar refractivity (Wildman–Crippen MR) is 65.6 cm³/mol. The highest BCUT2D eigenvalue weighted by Gasteiger charge is 2.51. The van der Waals surface area contributed by atoms with Crippen molar-refractivity contribution in [3.8, 4) is 0 Å². The van der Waals surface area contributed by atoms with Crippen LogP contribution in [-0.2, 0) is 5.60 Å². The van der Waals surface area contributed by atoms with E-state index in [9.17, 15) is 13.9 Å². The first-order valence-electron chi connectivity index (χ1n) is 5.66. The summed E-state index contributed by atoms with van der Waals surface area (Å²) < 4.78 is 28.1. The lowest BCUT2D eigenvalue weighted by Gasteiger charge is -2.37. The zero-order valence-corrected chi connectivity index (χ0v) is 11.4. The van der Waals surface area contributed by atoms with Crippen molar-refractivity contribution in [2.75, 3.05) is 0 Å². The van der Waals surface area contributed by atoms with E-state index < -0.39 is 22.7 Å². The lowest BCUT2D eigenvalue weighted by molar-refractivity contribution is -0.0541. The second kappa shape index (κ2) is 4.02. The van der Waals surface area contributed by atoms with Crippen molar-refractivity contribution >= 4 is 15.9 Å². The number of halogens is 3. The Balaban J connectivity index is 2.65. The molecule has 94 valence electrons. The second-order valence-corrected chi connectivity index (χ2v) is 6.17. The SMILES string of the molecule is CC1(C)CCCC1(O)c1c(F)ccc(Br)c1F. The summed E-state index contributed by atoms with van der Waals surface area (Å²) in [5.74, 6) is -1.37. The Morgan fingerprint density at radius 2 is 1.88 bits per heavy atom. The van der Waals surface area contributed by atoms with E-state index in [1.165, 1.54) is 12.1 Å². The van der Waals surface area contributed by atoms with Crippen molar-refractivity contribution in [1.82, 2.24) is 0 Å². The molecule has 17 heavy (non-hydrogen) atoms. The fourth-order valence-corrected chi connectivity index (χ4v) is 3.03. The molecule has 1 nitrogen and oxygen atoms in total. The number of benzene rings is 1. The highest BCUT2D eigenvalue weighted by Crippen LogP contribution is 2.53. The summed E-state index contributed by atoms with van der Waals surface area (Å²) in [6.45, 7) is 3.69. The standard InChI is InChI=1S/C13H15BrF2O/c1-12(2)6-3-7-13(12,17)10-9(15)5-4-8(14)11(10)16/h4-5,17H,3,6-7H2,1-2H3. The van der Waals surface area contributed by atoms with Crippen molar-refractivity contribution in [2.24, 2.45) is 5.41 Å². The molecule has 1 fully saturated rings. The van der Waals surface area contributed by atoms with Gasteiger partial charge in [0.15, 0.2) is 0 Å². The van der Waals surface area contributed by atoms with Crippen LogP contribution in [-0.4, -0.2) is 5.11 Å². The second-order valence-electron chi connectivity index (χ2n) is 5.32. The Morgan fingerprint density at radius 1 is 1.24 bits per heavy atom. The summed E-state index contributed by atoms with van der Waals surface area (Å²) in [5.41, 5.74) is -2.14. The lowest BCUT2D eigenvalue weighted by Crippen LogP contribution is -2.38. The molecule has 1 atom stereocenters. The maximum absolute atomic E-state index is 14.1. The third-order valence-electron chi connectivity index (χ3n) is 3.92. The van der Waals surface area contributed by atoms with Gasteiger partial charge in [0.05, 0.1) is 10.0 Å². The van der Waals surface area contributed by atoms with Gasteiger partial charge in [-0.05, 0) is 52.7 Å². The Hall–Kier alpha value is -0.480. The van der Waals surface area contributed by atoms with Crippen molar-refractivity contribution in [2.45, 2.75) is 38.7 Å². The van der Waals surface area contributed by atoms with Crippen LogP contribution in [0, 0.1) is 17.0 Å². The number of rotatable bonds is 1. The molecule has 0 aromatic heterocycles. The molecule has 0 radical (unpaired) electrons. The van der Waals surface area contributed by atoms with Gasteiger partial charge in [0.1, 0.15) is 17.2 Å². The van der Waals surface area contributed by atoms with Crippen molar-refractivity contribution in [1.29, 1.82) is 0 Å². The molecule has 1 aromatic rings. The van der Waals surface area contributed by atoms with Gasteiger partial charge in [-0.25, -0.2) is 8.78 Å². The van der Waals surface area contributed by atoms with Gasteiger partial charge >= 0.3 is 0 Å². The molecule has 0 amide bonds. The van der Waals surface area contributed by atoms with Gasteiger partial charge in [-0.15, -0.1) is 0 Å². The van der Waals surface area contributed by atoms with Crippen LogP contribution in [0.4, 0.5) is 8.78 Å². The molecule has 0 heterocycles. The molecule has 1 saturated carbocycles. The normalized spacial score (nSPS) is 27.4. The number of aliphatic hydroxyl groups is 1. The molecule has 1 aromatic carbocycles. The summed E-state index contributed by atoms with van der Waals surface area (Å²) >= 11 is 3.04. The zero-order chi connectivity index (χ0) is 12.8. The highest BCUT2D eigenvalue weighted by molar-refractivity contribution is 9.10. The zero-order valence-electron chi connectivity index (χ0n) is 9.86. The maximum atomic E-state index is 14.1. The number of hydrogen-bond acceptors (Lipinski definition) is 1. The minimum Gasteiger partial charge on any atom is -0.384 e. The molecule has 0 bridgehead atoms. The largest absolute Gasteiger partial charge is 0.384 e.